The van der Waals surface area contributed by atoms with Crippen molar-refractivity contribution in [3.8, 4) is 0 Å². The van der Waals surface area contributed by atoms with Crippen LogP contribution in [0.15, 0.2) is 48.5 Å². The average Bonchev–Trinajstić information content (AvgIpc) is 2.76. The smallest absolute Gasteiger partial charge is 0.243 e. The second-order valence-electron chi connectivity index (χ2n) is 9.70. The van der Waals surface area contributed by atoms with Crippen molar-refractivity contribution in [2.45, 2.75) is 65.1 Å². The maximum atomic E-state index is 14.3. The number of amides is 2. The molecule has 0 fully saturated rings. The molecule has 0 aliphatic heterocycles. The fourth-order valence-corrected chi connectivity index (χ4v) is 4.89. The van der Waals surface area contributed by atoms with E-state index >= 15 is 0 Å². The summed E-state index contributed by atoms with van der Waals surface area (Å²) in [4.78, 5) is 28.0. The van der Waals surface area contributed by atoms with Crippen molar-refractivity contribution in [2.75, 3.05) is 17.1 Å². The number of sulfonamides is 1. The molecule has 0 bridgehead atoms. The van der Waals surface area contributed by atoms with E-state index in [9.17, 15) is 22.4 Å². The Kier molecular flexibility index (Phi) is 10.3. The Morgan fingerprint density at radius 3 is 2.22 bits per heavy atom. The predicted octanol–water partition coefficient (Wildman–Crippen LogP) is 4.75. The lowest BCUT2D eigenvalue weighted by Crippen LogP contribution is -2.53. The van der Waals surface area contributed by atoms with Gasteiger partial charge in [-0.2, -0.15) is 0 Å². The first-order chi connectivity index (χ1) is 16.7. The Morgan fingerprint density at radius 1 is 1.08 bits per heavy atom. The third kappa shape index (κ3) is 8.78. The van der Waals surface area contributed by atoms with Crippen molar-refractivity contribution in [3.63, 3.8) is 0 Å². The van der Waals surface area contributed by atoms with Gasteiger partial charge in [-0.3, -0.25) is 13.9 Å². The van der Waals surface area contributed by atoms with E-state index in [0.717, 1.165) is 16.1 Å². The number of anilines is 1. The van der Waals surface area contributed by atoms with Gasteiger partial charge in [0.1, 0.15) is 11.9 Å². The lowest BCUT2D eigenvalue weighted by atomic mass is 10.0. The molecule has 0 aliphatic rings. The van der Waals surface area contributed by atoms with Crippen LogP contribution in [0.1, 0.15) is 52.5 Å². The van der Waals surface area contributed by atoms with Crippen LogP contribution in [0.3, 0.4) is 0 Å². The monoisotopic (exact) mass is 539 g/mol. The Labute approximate surface area is 218 Å². The fourth-order valence-electron chi connectivity index (χ4n) is 3.80. The molecule has 0 saturated carbocycles. The van der Waals surface area contributed by atoms with E-state index in [2.05, 4.69) is 5.32 Å². The summed E-state index contributed by atoms with van der Waals surface area (Å²) >= 11 is 6.00. The van der Waals surface area contributed by atoms with Gasteiger partial charge in [0.2, 0.25) is 21.8 Å². The second kappa shape index (κ2) is 12.5. The summed E-state index contributed by atoms with van der Waals surface area (Å²) in [6.07, 6.45) is 1.52. The zero-order valence-corrected chi connectivity index (χ0v) is 23.0. The molecule has 2 aromatic carbocycles. The lowest BCUT2D eigenvalue weighted by molar-refractivity contribution is -0.142. The van der Waals surface area contributed by atoms with Gasteiger partial charge in [0.05, 0.1) is 11.9 Å². The number of benzene rings is 2. The highest BCUT2D eigenvalue weighted by atomic mass is 35.5. The minimum atomic E-state index is -3.77. The van der Waals surface area contributed by atoms with Crippen LogP contribution in [0.2, 0.25) is 5.02 Å². The Hall–Kier alpha value is -2.65. The van der Waals surface area contributed by atoms with Crippen molar-refractivity contribution in [1.82, 2.24) is 10.2 Å². The molecule has 7 nitrogen and oxygen atoms in total. The summed E-state index contributed by atoms with van der Waals surface area (Å²) in [6.45, 7) is 7.54. The number of para-hydroxylation sites is 1. The van der Waals surface area contributed by atoms with Gasteiger partial charge in [0.15, 0.2) is 0 Å². The first-order valence-corrected chi connectivity index (χ1v) is 14.0. The van der Waals surface area contributed by atoms with Crippen LogP contribution in [0.25, 0.3) is 0 Å². The van der Waals surface area contributed by atoms with Crippen molar-refractivity contribution < 1.29 is 22.4 Å². The van der Waals surface area contributed by atoms with Crippen LogP contribution in [0.4, 0.5) is 10.1 Å². The van der Waals surface area contributed by atoms with Crippen molar-refractivity contribution in [1.29, 1.82) is 0 Å². The van der Waals surface area contributed by atoms with Crippen molar-refractivity contribution in [3.05, 3.63) is 64.9 Å². The molecule has 0 spiro atoms. The van der Waals surface area contributed by atoms with E-state index < -0.39 is 27.4 Å². The molecule has 0 aromatic heterocycles. The first kappa shape index (κ1) is 29.6. The number of carbonyl (C=O) groups excluding carboxylic acids is 2. The Morgan fingerprint density at radius 2 is 1.69 bits per heavy atom. The van der Waals surface area contributed by atoms with E-state index in [4.69, 9.17) is 11.6 Å². The standard InChI is InChI=1S/C26H35ClFN3O4S/c1-6-22(25(33)29-26(2,3)4)30(18-19-13-15-20(27)16-14-19)24(32)12-9-17-31(36(5,34)35)23-11-8-7-10-21(23)28/h7-8,10-11,13-16,22H,6,9,12,17-18H2,1-5H3,(H,29,33)/t22-/m1/s1. The van der Waals surface area contributed by atoms with E-state index in [0.29, 0.717) is 11.4 Å². The van der Waals surface area contributed by atoms with Gasteiger partial charge < -0.3 is 10.2 Å². The maximum absolute atomic E-state index is 14.3. The summed E-state index contributed by atoms with van der Waals surface area (Å²) in [5, 5.41) is 3.50. The van der Waals surface area contributed by atoms with Gasteiger partial charge >= 0.3 is 0 Å². The Balaban J connectivity index is 2.24. The van der Waals surface area contributed by atoms with Gasteiger partial charge in [-0.05, 0) is 63.4 Å². The zero-order chi connectivity index (χ0) is 27.1. The van der Waals surface area contributed by atoms with E-state index in [1.165, 1.54) is 23.1 Å². The molecule has 0 aliphatic carbocycles. The largest absolute Gasteiger partial charge is 0.350 e. The quantitative estimate of drug-likeness (QED) is 0.446. The highest BCUT2D eigenvalue weighted by Gasteiger charge is 2.31. The normalized spacial score (nSPS) is 12.6. The first-order valence-electron chi connectivity index (χ1n) is 11.8. The molecule has 1 N–H and O–H groups in total. The van der Waals surface area contributed by atoms with Crippen LogP contribution in [0, 0.1) is 5.82 Å². The molecule has 36 heavy (non-hydrogen) atoms. The average molecular weight is 540 g/mol. The molecular formula is C26H35ClFN3O4S. The number of nitrogens with zero attached hydrogens (tertiary/aromatic N) is 2. The van der Waals surface area contributed by atoms with Crippen molar-refractivity contribution >= 4 is 39.1 Å². The number of halogens is 2. The van der Waals surface area contributed by atoms with E-state index in [-0.39, 0.29) is 43.4 Å². The Bertz CT molecular complexity index is 1150. The minimum absolute atomic E-state index is 0.0205. The molecule has 0 radical (unpaired) electrons. The van der Waals surface area contributed by atoms with E-state index in [1.54, 1.807) is 30.3 Å². The summed E-state index contributed by atoms with van der Waals surface area (Å²) < 4.78 is 39.9. The summed E-state index contributed by atoms with van der Waals surface area (Å²) in [7, 11) is -3.77. The van der Waals surface area contributed by atoms with Gasteiger partial charge in [0, 0.05) is 30.1 Å². The van der Waals surface area contributed by atoms with Crippen LogP contribution >= 0.6 is 11.6 Å². The van der Waals surface area contributed by atoms with Crippen LogP contribution < -0.4 is 9.62 Å². The van der Waals surface area contributed by atoms with Crippen molar-refractivity contribution in [2.24, 2.45) is 0 Å². The van der Waals surface area contributed by atoms with Gasteiger partial charge in [-0.1, -0.05) is 42.8 Å². The lowest BCUT2D eigenvalue weighted by Gasteiger charge is -2.33. The third-order valence-electron chi connectivity index (χ3n) is 5.42. The SMILES string of the molecule is CC[C@H](C(=O)NC(C)(C)C)N(Cc1ccc(Cl)cc1)C(=O)CCCN(c1ccccc1F)S(C)(=O)=O. The fraction of sp³-hybridized carbons (Fsp3) is 0.462. The predicted molar refractivity (Wildman–Crippen MR) is 142 cm³/mol. The van der Waals surface area contributed by atoms with E-state index in [1.807, 2.05) is 27.7 Å². The summed E-state index contributed by atoms with van der Waals surface area (Å²) in [5.74, 6) is -1.23. The number of hydrogen-bond acceptors (Lipinski definition) is 4. The maximum Gasteiger partial charge on any atom is 0.243 e. The molecule has 1 atom stereocenters. The molecular weight excluding hydrogens is 505 g/mol. The number of carbonyl (C=O) groups is 2. The zero-order valence-electron chi connectivity index (χ0n) is 21.4. The summed E-state index contributed by atoms with van der Waals surface area (Å²) in [5.41, 5.74) is 0.259. The molecule has 2 aromatic rings. The molecule has 10 heteroatoms. The molecule has 198 valence electrons. The second-order valence-corrected chi connectivity index (χ2v) is 12.0. The van der Waals surface area contributed by atoms with Crippen LogP contribution in [-0.2, 0) is 26.2 Å². The highest BCUT2D eigenvalue weighted by Crippen LogP contribution is 2.23. The highest BCUT2D eigenvalue weighted by molar-refractivity contribution is 7.92. The number of hydrogen-bond donors (Lipinski definition) is 1. The van der Waals surface area contributed by atoms with Crippen LogP contribution in [0.5, 0.6) is 0 Å². The van der Waals surface area contributed by atoms with Crippen LogP contribution in [-0.4, -0.2) is 49.5 Å². The topological polar surface area (TPSA) is 86.8 Å². The van der Waals surface area contributed by atoms with Gasteiger partial charge in [-0.25, -0.2) is 12.8 Å². The third-order valence-corrected chi connectivity index (χ3v) is 6.86. The molecule has 2 amide bonds. The molecule has 2 rings (SSSR count). The van der Waals surface area contributed by atoms with Gasteiger partial charge in [0.25, 0.3) is 0 Å². The molecule has 0 saturated heterocycles. The van der Waals surface area contributed by atoms with Gasteiger partial charge in [-0.15, -0.1) is 0 Å². The minimum Gasteiger partial charge on any atom is -0.350 e. The summed E-state index contributed by atoms with van der Waals surface area (Å²) in [6, 6.07) is 11.9. The molecule has 0 unspecified atom stereocenters. The number of rotatable bonds is 11. The number of nitrogens with one attached hydrogen (secondary N) is 1. The molecule has 0 heterocycles.